The summed E-state index contributed by atoms with van der Waals surface area (Å²) >= 11 is 0. The lowest BCUT2D eigenvalue weighted by Gasteiger charge is -2.10. The van der Waals surface area contributed by atoms with E-state index < -0.39 is 6.10 Å². The summed E-state index contributed by atoms with van der Waals surface area (Å²) in [6.45, 7) is 1.93. The van der Waals surface area contributed by atoms with Crippen LogP contribution in [0.3, 0.4) is 0 Å². The van der Waals surface area contributed by atoms with E-state index in [0.717, 1.165) is 16.7 Å². The van der Waals surface area contributed by atoms with Gasteiger partial charge in [-0.1, -0.05) is 54.6 Å². The van der Waals surface area contributed by atoms with Crippen molar-refractivity contribution in [1.29, 1.82) is 0 Å². The van der Waals surface area contributed by atoms with Crippen molar-refractivity contribution >= 4 is 0 Å². The number of rotatable bonds is 3. The largest absolute Gasteiger partial charge is 0.466 e. The van der Waals surface area contributed by atoms with Crippen LogP contribution < -0.4 is 0 Å². The zero-order valence-electron chi connectivity index (χ0n) is 11.3. The van der Waals surface area contributed by atoms with Crippen LogP contribution in [0.15, 0.2) is 71.3 Å². The number of aliphatic hydroxyl groups excluding tert-OH is 1. The predicted molar refractivity (Wildman–Crippen MR) is 79.4 cm³/mol. The lowest BCUT2D eigenvalue weighted by atomic mass is 10.00. The number of hydrogen-bond acceptors (Lipinski definition) is 2. The second-order valence-corrected chi connectivity index (χ2v) is 4.86. The highest BCUT2D eigenvalue weighted by molar-refractivity contribution is 5.63. The van der Waals surface area contributed by atoms with E-state index in [9.17, 15) is 5.11 Å². The second-order valence-electron chi connectivity index (χ2n) is 4.86. The van der Waals surface area contributed by atoms with E-state index in [1.807, 2.05) is 55.5 Å². The Hall–Kier alpha value is -2.32. The number of aliphatic hydroxyl groups is 1. The smallest absolute Gasteiger partial charge is 0.139 e. The molecule has 1 aromatic heterocycles. The van der Waals surface area contributed by atoms with Gasteiger partial charge in [-0.2, -0.15) is 0 Å². The van der Waals surface area contributed by atoms with Gasteiger partial charge in [-0.05, 0) is 35.2 Å². The minimum absolute atomic E-state index is 0.609. The summed E-state index contributed by atoms with van der Waals surface area (Å²) < 4.78 is 5.35. The van der Waals surface area contributed by atoms with Gasteiger partial charge in [-0.15, -0.1) is 0 Å². The average Bonchev–Trinajstić information content (AvgIpc) is 2.94. The Labute approximate surface area is 118 Å². The molecule has 1 unspecified atom stereocenters. The minimum atomic E-state index is -0.713. The fourth-order valence-electron chi connectivity index (χ4n) is 2.30. The van der Waals surface area contributed by atoms with Gasteiger partial charge >= 0.3 is 0 Å². The van der Waals surface area contributed by atoms with Crippen LogP contribution in [0, 0.1) is 6.92 Å². The molecule has 0 aliphatic rings. The number of aryl methyl sites for hydroxylation is 1. The third-order valence-corrected chi connectivity index (χ3v) is 3.48. The van der Waals surface area contributed by atoms with Gasteiger partial charge in [0.15, 0.2) is 0 Å². The molecule has 0 saturated heterocycles. The van der Waals surface area contributed by atoms with Crippen LogP contribution in [0.25, 0.3) is 11.1 Å². The van der Waals surface area contributed by atoms with Crippen molar-refractivity contribution in [2.75, 3.05) is 0 Å². The second kappa shape index (κ2) is 5.35. The molecule has 0 aliphatic heterocycles. The van der Waals surface area contributed by atoms with Crippen molar-refractivity contribution in [1.82, 2.24) is 0 Å². The lowest BCUT2D eigenvalue weighted by Crippen LogP contribution is -1.99. The molecule has 2 heteroatoms. The molecule has 1 heterocycles. The highest BCUT2D eigenvalue weighted by Crippen LogP contribution is 2.27. The van der Waals surface area contributed by atoms with Gasteiger partial charge in [-0.3, -0.25) is 0 Å². The number of furan rings is 1. The Bertz CT molecular complexity index is 681. The van der Waals surface area contributed by atoms with E-state index in [4.69, 9.17) is 4.42 Å². The average molecular weight is 264 g/mol. The van der Waals surface area contributed by atoms with Gasteiger partial charge in [0, 0.05) is 0 Å². The van der Waals surface area contributed by atoms with Crippen molar-refractivity contribution in [2.45, 2.75) is 13.0 Å². The Morgan fingerprint density at radius 2 is 1.50 bits per heavy atom. The maximum atomic E-state index is 10.3. The van der Waals surface area contributed by atoms with E-state index in [1.165, 1.54) is 5.56 Å². The first-order chi connectivity index (χ1) is 9.75. The van der Waals surface area contributed by atoms with Crippen LogP contribution in [0.2, 0.25) is 0 Å². The molecular weight excluding hydrogens is 248 g/mol. The van der Waals surface area contributed by atoms with Crippen LogP contribution in [0.5, 0.6) is 0 Å². The van der Waals surface area contributed by atoms with Gasteiger partial charge in [0.1, 0.15) is 11.9 Å². The molecule has 2 aromatic carbocycles. The van der Waals surface area contributed by atoms with Gasteiger partial charge < -0.3 is 9.52 Å². The van der Waals surface area contributed by atoms with Crippen molar-refractivity contribution in [2.24, 2.45) is 0 Å². The number of hydrogen-bond donors (Lipinski definition) is 1. The maximum Gasteiger partial charge on any atom is 0.139 e. The SMILES string of the molecule is Cc1ccoc1C(O)c1ccc(-c2ccccc2)cc1. The monoisotopic (exact) mass is 264 g/mol. The van der Waals surface area contributed by atoms with Crippen molar-refractivity contribution in [3.63, 3.8) is 0 Å². The molecule has 1 N–H and O–H groups in total. The predicted octanol–water partition coefficient (Wildman–Crippen LogP) is 4.34. The highest BCUT2D eigenvalue weighted by atomic mass is 16.4. The highest BCUT2D eigenvalue weighted by Gasteiger charge is 2.15. The fourth-order valence-corrected chi connectivity index (χ4v) is 2.30. The zero-order valence-corrected chi connectivity index (χ0v) is 11.3. The molecule has 3 rings (SSSR count). The third kappa shape index (κ3) is 2.38. The zero-order chi connectivity index (χ0) is 13.9. The summed E-state index contributed by atoms with van der Waals surface area (Å²) in [5.41, 5.74) is 4.10. The van der Waals surface area contributed by atoms with Gasteiger partial charge in [-0.25, -0.2) is 0 Å². The molecule has 2 nitrogen and oxygen atoms in total. The van der Waals surface area contributed by atoms with Crippen LogP contribution in [-0.4, -0.2) is 5.11 Å². The molecule has 3 aromatic rings. The standard InChI is InChI=1S/C18H16O2/c1-13-11-12-20-18(13)17(19)16-9-7-15(8-10-16)14-5-3-2-4-6-14/h2-12,17,19H,1H3. The molecular formula is C18H16O2. The molecule has 100 valence electrons. The lowest BCUT2D eigenvalue weighted by molar-refractivity contribution is 0.188. The molecule has 20 heavy (non-hydrogen) atoms. The van der Waals surface area contributed by atoms with E-state index in [0.29, 0.717) is 5.76 Å². The Balaban J connectivity index is 1.89. The number of benzene rings is 2. The van der Waals surface area contributed by atoms with Crippen LogP contribution in [0.1, 0.15) is 23.0 Å². The van der Waals surface area contributed by atoms with Crippen LogP contribution in [-0.2, 0) is 0 Å². The van der Waals surface area contributed by atoms with Crippen molar-refractivity contribution in [3.05, 3.63) is 83.8 Å². The summed E-state index contributed by atoms with van der Waals surface area (Å²) in [6, 6.07) is 20.0. The Morgan fingerprint density at radius 1 is 0.850 bits per heavy atom. The van der Waals surface area contributed by atoms with Crippen molar-refractivity contribution < 1.29 is 9.52 Å². The Kier molecular flexibility index (Phi) is 3.40. The van der Waals surface area contributed by atoms with Gasteiger partial charge in [0.2, 0.25) is 0 Å². The summed E-state index contributed by atoms with van der Waals surface area (Å²) in [4.78, 5) is 0. The van der Waals surface area contributed by atoms with E-state index in [1.54, 1.807) is 6.26 Å². The quantitative estimate of drug-likeness (QED) is 0.763. The summed E-state index contributed by atoms with van der Waals surface area (Å²) in [5.74, 6) is 0.609. The summed E-state index contributed by atoms with van der Waals surface area (Å²) in [7, 11) is 0. The first-order valence-electron chi connectivity index (χ1n) is 6.63. The molecule has 0 spiro atoms. The summed E-state index contributed by atoms with van der Waals surface area (Å²) in [5, 5.41) is 10.3. The van der Waals surface area contributed by atoms with Gasteiger partial charge in [0.25, 0.3) is 0 Å². The van der Waals surface area contributed by atoms with Crippen LogP contribution in [0.4, 0.5) is 0 Å². The Morgan fingerprint density at radius 3 is 2.10 bits per heavy atom. The van der Waals surface area contributed by atoms with Crippen molar-refractivity contribution in [3.8, 4) is 11.1 Å². The topological polar surface area (TPSA) is 33.4 Å². The van der Waals surface area contributed by atoms with E-state index >= 15 is 0 Å². The van der Waals surface area contributed by atoms with E-state index in [2.05, 4.69) is 12.1 Å². The maximum absolute atomic E-state index is 10.3. The molecule has 0 amide bonds. The molecule has 0 radical (unpaired) electrons. The first kappa shape index (κ1) is 12.7. The molecule has 1 atom stereocenters. The van der Waals surface area contributed by atoms with Crippen LogP contribution >= 0.6 is 0 Å². The van der Waals surface area contributed by atoms with E-state index in [-0.39, 0.29) is 0 Å². The van der Waals surface area contributed by atoms with Gasteiger partial charge in [0.05, 0.1) is 6.26 Å². The summed E-state index contributed by atoms with van der Waals surface area (Å²) in [6.07, 6.45) is 0.890. The normalized spacial score (nSPS) is 12.3. The molecule has 0 bridgehead atoms. The molecule has 0 fully saturated rings. The fraction of sp³-hybridized carbons (Fsp3) is 0.111. The third-order valence-electron chi connectivity index (χ3n) is 3.48. The molecule has 0 saturated carbocycles. The first-order valence-corrected chi connectivity index (χ1v) is 6.63. The molecule has 0 aliphatic carbocycles. The minimum Gasteiger partial charge on any atom is -0.466 e.